The van der Waals surface area contributed by atoms with Gasteiger partial charge in [0.2, 0.25) is 0 Å². The molecule has 160 valence electrons. The number of nitrogens with two attached hydrogens (primary N) is 4. The normalized spacial score (nSPS) is 7.00. The molecule has 0 fully saturated rings. The molecule has 0 bridgehead atoms. The second kappa shape index (κ2) is 75.1. The van der Waals surface area contributed by atoms with E-state index in [0.29, 0.717) is 0 Å². The largest absolute Gasteiger partial charge is 0.330 e. The van der Waals surface area contributed by atoms with Crippen LogP contribution in [0.4, 0.5) is 0 Å². The Morgan fingerprint density at radius 1 is 0.375 bits per heavy atom. The third-order valence-electron chi connectivity index (χ3n) is 2.23. The molecule has 0 aromatic carbocycles. The van der Waals surface area contributed by atoms with Gasteiger partial charge in [-0.1, -0.05) is 53.4 Å². The highest BCUT2D eigenvalue weighted by Gasteiger charge is 1.69. The summed E-state index contributed by atoms with van der Waals surface area (Å²) in [7, 11) is 0. The number of halogens is 4. The minimum Gasteiger partial charge on any atom is -0.330 e. The molecule has 8 heteroatoms. The van der Waals surface area contributed by atoms with Crippen LogP contribution in [0.2, 0.25) is 0 Å². The number of hydrogen-bond acceptors (Lipinski definition) is 4. The number of rotatable bonds is 8. The van der Waals surface area contributed by atoms with Crippen molar-refractivity contribution in [2.45, 2.75) is 79.1 Å². The Bertz CT molecular complexity index is 84.1. The molecule has 4 nitrogen and oxygen atoms in total. The van der Waals surface area contributed by atoms with E-state index in [1.54, 1.807) is 0 Å². The summed E-state index contributed by atoms with van der Waals surface area (Å²) < 4.78 is 0. The van der Waals surface area contributed by atoms with Crippen LogP contribution in [-0.2, 0) is 0 Å². The Balaban J connectivity index is -0.0000000225. The molecule has 24 heavy (non-hydrogen) atoms. The van der Waals surface area contributed by atoms with Crippen LogP contribution in [0.15, 0.2) is 0 Å². The van der Waals surface area contributed by atoms with Gasteiger partial charge in [0, 0.05) is 0 Å². The van der Waals surface area contributed by atoms with Crippen LogP contribution in [0.5, 0.6) is 0 Å². The van der Waals surface area contributed by atoms with E-state index >= 15 is 0 Å². The Morgan fingerprint density at radius 2 is 0.500 bits per heavy atom. The average Bonchev–Trinajstić information content (AvgIpc) is 2.44. The first-order valence-corrected chi connectivity index (χ1v) is 8.46. The zero-order valence-corrected chi connectivity index (χ0v) is 19.7. The topological polar surface area (TPSA) is 104 Å². The van der Waals surface area contributed by atoms with E-state index in [4.69, 9.17) is 22.9 Å². The van der Waals surface area contributed by atoms with Gasteiger partial charge in [-0.2, -0.15) is 0 Å². The molecule has 0 aromatic heterocycles. The van der Waals surface area contributed by atoms with Gasteiger partial charge in [-0.15, -0.1) is 49.6 Å². The monoisotopic (exact) mass is 436 g/mol. The van der Waals surface area contributed by atoms with Crippen LogP contribution in [-0.4, -0.2) is 26.2 Å². The zero-order chi connectivity index (χ0) is 16.5. The van der Waals surface area contributed by atoms with Crippen LogP contribution in [0, 0.1) is 0 Å². The summed E-state index contributed by atoms with van der Waals surface area (Å²) in [4.78, 5) is 0. The smallest absolute Gasteiger partial charge is 0.00774 e. The number of unbranched alkanes of at least 4 members (excludes halogenated alkanes) is 4. The van der Waals surface area contributed by atoms with Crippen molar-refractivity contribution in [3.05, 3.63) is 0 Å². The molecule has 0 spiro atoms. The molecular weight excluding hydrogens is 390 g/mol. The van der Waals surface area contributed by atoms with Crippen molar-refractivity contribution in [1.82, 2.24) is 0 Å². The maximum absolute atomic E-state index is 5.14. The van der Waals surface area contributed by atoms with E-state index in [9.17, 15) is 0 Å². The first-order valence-electron chi connectivity index (χ1n) is 8.46. The molecule has 0 aliphatic rings. The Labute approximate surface area is 177 Å². The van der Waals surface area contributed by atoms with Gasteiger partial charge >= 0.3 is 0 Å². The fourth-order valence-electron chi connectivity index (χ4n) is 0.816. The molecule has 0 atom stereocenters. The van der Waals surface area contributed by atoms with Crippen molar-refractivity contribution >= 4 is 49.6 Å². The molecule has 0 aromatic rings. The Kier molecular flexibility index (Phi) is 156. The first-order chi connectivity index (χ1) is 9.66. The minimum absolute atomic E-state index is 0. The highest BCUT2D eigenvalue weighted by Crippen LogP contribution is 1.78. The van der Waals surface area contributed by atoms with E-state index in [2.05, 4.69) is 27.7 Å². The molecule has 0 aliphatic heterocycles. The third-order valence-corrected chi connectivity index (χ3v) is 2.23. The van der Waals surface area contributed by atoms with Gasteiger partial charge in [-0.05, 0) is 51.9 Å². The summed E-state index contributed by atoms with van der Waals surface area (Å²) in [5.74, 6) is 0. The molecule has 0 rings (SSSR count). The quantitative estimate of drug-likeness (QED) is 0.442. The molecular formula is C16H48Cl4N4. The van der Waals surface area contributed by atoms with E-state index < -0.39 is 0 Å². The second-order valence-electron chi connectivity index (χ2n) is 4.57. The molecule has 0 saturated carbocycles. The van der Waals surface area contributed by atoms with Crippen molar-refractivity contribution in [2.24, 2.45) is 22.9 Å². The van der Waals surface area contributed by atoms with E-state index in [1.165, 1.54) is 51.4 Å². The van der Waals surface area contributed by atoms with Crippen LogP contribution in [0.3, 0.4) is 0 Å². The lowest BCUT2D eigenvalue weighted by Crippen LogP contribution is -1.95. The predicted molar refractivity (Wildman–Crippen MR) is 125 cm³/mol. The van der Waals surface area contributed by atoms with Gasteiger partial charge in [0.15, 0.2) is 0 Å². The van der Waals surface area contributed by atoms with Crippen molar-refractivity contribution in [1.29, 1.82) is 0 Å². The lowest BCUT2D eigenvalue weighted by molar-refractivity contribution is 0.807. The van der Waals surface area contributed by atoms with E-state index in [-0.39, 0.29) is 49.6 Å². The fraction of sp³-hybridized carbons (Fsp3) is 1.00. The highest BCUT2D eigenvalue weighted by molar-refractivity contribution is 5.86. The molecule has 0 radical (unpaired) electrons. The van der Waals surface area contributed by atoms with Gasteiger partial charge < -0.3 is 22.9 Å². The summed E-state index contributed by atoms with van der Waals surface area (Å²) >= 11 is 0. The average molecular weight is 438 g/mol. The lowest BCUT2D eigenvalue weighted by Gasteiger charge is -1.80. The SMILES string of the molecule is CCCCN.CCCCN.CCCCN.CCCCN.Cl.Cl.Cl.Cl. The van der Waals surface area contributed by atoms with Gasteiger partial charge in [-0.3, -0.25) is 0 Å². The Hall–Kier alpha value is 1.00. The second-order valence-corrected chi connectivity index (χ2v) is 4.57. The standard InChI is InChI=1S/4C4H11N.4ClH/c4*1-2-3-4-5;;;;/h4*2-5H2,1H3;4*1H. The maximum Gasteiger partial charge on any atom is -0.00774 e. The molecule has 0 unspecified atom stereocenters. The van der Waals surface area contributed by atoms with E-state index in [0.717, 1.165) is 26.2 Å². The summed E-state index contributed by atoms with van der Waals surface area (Å²) in [6, 6.07) is 0. The van der Waals surface area contributed by atoms with Crippen molar-refractivity contribution in [3.63, 3.8) is 0 Å². The van der Waals surface area contributed by atoms with Crippen LogP contribution < -0.4 is 22.9 Å². The lowest BCUT2D eigenvalue weighted by atomic mass is 10.3. The molecule has 0 amide bonds. The zero-order valence-electron chi connectivity index (χ0n) is 16.4. The van der Waals surface area contributed by atoms with Crippen molar-refractivity contribution < 1.29 is 0 Å². The molecule has 0 aliphatic carbocycles. The summed E-state index contributed by atoms with van der Waals surface area (Å²) in [6.45, 7) is 11.9. The van der Waals surface area contributed by atoms with Crippen LogP contribution >= 0.6 is 49.6 Å². The summed E-state index contributed by atoms with van der Waals surface area (Å²) in [5, 5.41) is 0. The van der Waals surface area contributed by atoms with Crippen LogP contribution in [0.1, 0.15) is 79.1 Å². The third kappa shape index (κ3) is 137. The minimum atomic E-state index is 0. The van der Waals surface area contributed by atoms with Gasteiger partial charge in [0.1, 0.15) is 0 Å². The van der Waals surface area contributed by atoms with Gasteiger partial charge in [0.25, 0.3) is 0 Å². The molecule has 0 heterocycles. The molecule has 0 saturated heterocycles. The predicted octanol–water partition coefficient (Wildman–Crippen LogP) is 4.67. The van der Waals surface area contributed by atoms with Gasteiger partial charge in [0.05, 0.1) is 0 Å². The first kappa shape index (κ1) is 49.8. The Morgan fingerprint density at radius 3 is 0.500 bits per heavy atom. The summed E-state index contributed by atoms with van der Waals surface area (Å²) in [5.41, 5.74) is 20.6. The van der Waals surface area contributed by atoms with Crippen LogP contribution in [0.25, 0.3) is 0 Å². The molecule has 8 N–H and O–H groups in total. The van der Waals surface area contributed by atoms with Gasteiger partial charge in [-0.25, -0.2) is 0 Å². The fourth-order valence-corrected chi connectivity index (χ4v) is 0.816. The van der Waals surface area contributed by atoms with E-state index in [1.807, 2.05) is 0 Å². The highest BCUT2D eigenvalue weighted by atomic mass is 35.5. The van der Waals surface area contributed by atoms with Crippen molar-refractivity contribution in [2.75, 3.05) is 26.2 Å². The van der Waals surface area contributed by atoms with Crippen molar-refractivity contribution in [3.8, 4) is 0 Å². The number of hydrogen-bond donors (Lipinski definition) is 4. The maximum atomic E-state index is 5.14. The summed E-state index contributed by atoms with van der Waals surface area (Å²) in [6.07, 6.45) is 9.54.